The minimum atomic E-state index is -0.296. The number of hydrogen-bond donors (Lipinski definition) is 2. The van der Waals surface area contributed by atoms with Crippen molar-refractivity contribution < 1.29 is 9.53 Å². The minimum Gasteiger partial charge on any atom is -0.483 e. The van der Waals surface area contributed by atoms with Gasteiger partial charge in [0.1, 0.15) is 5.75 Å². The van der Waals surface area contributed by atoms with Crippen LogP contribution in [0.15, 0.2) is 41.6 Å². The molecule has 20 heavy (non-hydrogen) atoms. The lowest BCUT2D eigenvalue weighted by atomic mass is 10.1. The Balaban J connectivity index is 1.83. The molecule has 0 aliphatic heterocycles. The second-order valence-electron chi connectivity index (χ2n) is 4.43. The summed E-state index contributed by atoms with van der Waals surface area (Å²) in [6.45, 7) is 3.83. The van der Waals surface area contributed by atoms with Crippen LogP contribution in [0, 0.1) is 13.8 Å². The number of nitrogens with one attached hydrogen (secondary N) is 2. The third-order valence-electron chi connectivity index (χ3n) is 2.77. The van der Waals surface area contributed by atoms with E-state index < -0.39 is 0 Å². The first-order valence-corrected chi connectivity index (χ1v) is 6.31. The molecule has 1 aromatic carbocycles. The van der Waals surface area contributed by atoms with Gasteiger partial charge in [0.05, 0.1) is 11.9 Å². The zero-order valence-corrected chi connectivity index (χ0v) is 11.5. The molecule has 1 aromatic heterocycles. The number of para-hydroxylation sites is 1. The van der Waals surface area contributed by atoms with Gasteiger partial charge in [-0.1, -0.05) is 18.2 Å². The average Bonchev–Trinajstić information content (AvgIpc) is 2.91. The number of ether oxygens (including phenoxy) is 1. The number of nitrogens with zero attached hydrogens (tertiary/aromatic N) is 1. The average molecular weight is 271 g/mol. The van der Waals surface area contributed by atoms with Crippen LogP contribution in [0.4, 0.5) is 0 Å². The molecule has 5 nitrogen and oxygen atoms in total. The molecule has 0 unspecified atom stereocenters. The quantitative estimate of drug-likeness (QED) is 0.646. The summed E-state index contributed by atoms with van der Waals surface area (Å²) in [5.41, 5.74) is 5.25. The number of benzene rings is 1. The maximum atomic E-state index is 11.6. The number of H-pyrrole nitrogens is 1. The van der Waals surface area contributed by atoms with Crippen molar-refractivity contribution in [1.82, 2.24) is 10.4 Å². The molecule has 0 atom stereocenters. The molecule has 0 radical (unpaired) electrons. The Morgan fingerprint density at radius 1 is 1.30 bits per heavy atom. The van der Waals surface area contributed by atoms with Crippen molar-refractivity contribution in [1.29, 1.82) is 0 Å². The molecule has 2 N–H and O–H groups in total. The number of aryl methyl sites for hydroxylation is 2. The van der Waals surface area contributed by atoms with Gasteiger partial charge in [0.15, 0.2) is 6.61 Å². The number of amides is 1. The number of aromatic nitrogens is 1. The summed E-state index contributed by atoms with van der Waals surface area (Å²) in [4.78, 5) is 14.6. The van der Waals surface area contributed by atoms with Crippen LogP contribution in [-0.4, -0.2) is 23.7 Å². The SMILES string of the molecule is Cc1cccc(C)c1OCC(=O)N/N=C/c1ccc[nH]1. The minimum absolute atomic E-state index is 0.0617. The molecule has 0 fully saturated rings. The molecule has 2 aromatic rings. The molecular weight excluding hydrogens is 254 g/mol. The van der Waals surface area contributed by atoms with Gasteiger partial charge in [0.2, 0.25) is 0 Å². The first-order valence-electron chi connectivity index (χ1n) is 6.31. The monoisotopic (exact) mass is 271 g/mol. The fraction of sp³-hybridized carbons (Fsp3) is 0.200. The van der Waals surface area contributed by atoms with Crippen molar-refractivity contribution in [2.45, 2.75) is 13.8 Å². The predicted molar refractivity (Wildman–Crippen MR) is 77.9 cm³/mol. The van der Waals surface area contributed by atoms with Crippen LogP contribution >= 0.6 is 0 Å². The molecule has 104 valence electrons. The van der Waals surface area contributed by atoms with Crippen LogP contribution in [0.5, 0.6) is 5.75 Å². The van der Waals surface area contributed by atoms with Crippen molar-refractivity contribution in [3.05, 3.63) is 53.3 Å². The topological polar surface area (TPSA) is 66.5 Å². The van der Waals surface area contributed by atoms with Gasteiger partial charge in [-0.2, -0.15) is 5.10 Å². The van der Waals surface area contributed by atoms with Gasteiger partial charge in [-0.05, 0) is 37.1 Å². The molecule has 0 aliphatic rings. The molecule has 1 heterocycles. The number of rotatable bonds is 5. The van der Waals surface area contributed by atoms with Gasteiger partial charge in [-0.3, -0.25) is 4.79 Å². The Labute approximate surface area is 117 Å². The summed E-state index contributed by atoms with van der Waals surface area (Å²) in [5.74, 6) is 0.450. The fourth-order valence-corrected chi connectivity index (χ4v) is 1.80. The maximum Gasteiger partial charge on any atom is 0.277 e. The van der Waals surface area contributed by atoms with E-state index in [0.29, 0.717) is 0 Å². The van der Waals surface area contributed by atoms with E-state index in [1.807, 2.05) is 44.2 Å². The van der Waals surface area contributed by atoms with E-state index in [1.165, 1.54) is 6.21 Å². The number of aromatic amines is 1. The van der Waals surface area contributed by atoms with E-state index in [4.69, 9.17) is 4.74 Å². The Bertz CT molecular complexity index is 583. The molecule has 2 rings (SSSR count). The number of hydrazone groups is 1. The fourth-order valence-electron chi connectivity index (χ4n) is 1.80. The second kappa shape index (κ2) is 6.56. The van der Waals surface area contributed by atoms with Gasteiger partial charge in [-0.25, -0.2) is 5.43 Å². The Morgan fingerprint density at radius 2 is 2.05 bits per heavy atom. The predicted octanol–water partition coefficient (Wildman–Crippen LogP) is 2.16. The molecule has 0 aliphatic carbocycles. The highest BCUT2D eigenvalue weighted by atomic mass is 16.5. The summed E-state index contributed by atoms with van der Waals surface area (Å²) in [6.07, 6.45) is 3.32. The Kier molecular flexibility index (Phi) is 4.55. The van der Waals surface area contributed by atoms with E-state index >= 15 is 0 Å². The summed E-state index contributed by atoms with van der Waals surface area (Å²) in [5, 5.41) is 3.84. The second-order valence-corrected chi connectivity index (χ2v) is 4.43. The standard InChI is InChI=1S/C15H17N3O2/c1-11-5-3-6-12(2)15(11)20-10-14(19)18-17-9-13-7-4-8-16-13/h3-9,16H,10H2,1-2H3,(H,18,19)/b17-9+. The summed E-state index contributed by atoms with van der Waals surface area (Å²) in [7, 11) is 0. The van der Waals surface area contributed by atoms with Crippen LogP contribution in [0.2, 0.25) is 0 Å². The van der Waals surface area contributed by atoms with E-state index in [0.717, 1.165) is 22.6 Å². The maximum absolute atomic E-state index is 11.6. The number of carbonyl (C=O) groups is 1. The van der Waals surface area contributed by atoms with Crippen LogP contribution in [0.1, 0.15) is 16.8 Å². The van der Waals surface area contributed by atoms with E-state index in [9.17, 15) is 4.79 Å². The molecule has 0 saturated carbocycles. The van der Waals surface area contributed by atoms with E-state index in [-0.39, 0.29) is 12.5 Å². The van der Waals surface area contributed by atoms with Gasteiger partial charge >= 0.3 is 0 Å². The highest BCUT2D eigenvalue weighted by molar-refractivity contribution is 5.81. The lowest BCUT2D eigenvalue weighted by molar-refractivity contribution is -0.123. The number of carbonyl (C=O) groups excluding carboxylic acids is 1. The molecular formula is C15H17N3O2. The molecule has 1 amide bonds. The molecule has 0 saturated heterocycles. The van der Waals surface area contributed by atoms with Crippen molar-refractivity contribution in [3.63, 3.8) is 0 Å². The smallest absolute Gasteiger partial charge is 0.277 e. The third kappa shape index (κ3) is 3.71. The van der Waals surface area contributed by atoms with Crippen LogP contribution in [0.25, 0.3) is 0 Å². The Hall–Kier alpha value is -2.56. The first-order chi connectivity index (χ1) is 9.66. The van der Waals surface area contributed by atoms with Crippen molar-refractivity contribution >= 4 is 12.1 Å². The zero-order chi connectivity index (χ0) is 14.4. The van der Waals surface area contributed by atoms with Crippen molar-refractivity contribution in [2.75, 3.05) is 6.61 Å². The number of hydrogen-bond acceptors (Lipinski definition) is 3. The van der Waals surface area contributed by atoms with Crippen LogP contribution in [-0.2, 0) is 4.79 Å². The lowest BCUT2D eigenvalue weighted by Crippen LogP contribution is -2.25. The summed E-state index contributed by atoms with van der Waals surface area (Å²) >= 11 is 0. The molecule has 0 bridgehead atoms. The first kappa shape index (κ1) is 13.9. The van der Waals surface area contributed by atoms with Crippen LogP contribution in [0.3, 0.4) is 0 Å². The summed E-state index contributed by atoms with van der Waals surface area (Å²) < 4.78 is 5.52. The van der Waals surface area contributed by atoms with E-state index in [2.05, 4.69) is 15.5 Å². The van der Waals surface area contributed by atoms with Gasteiger partial charge in [-0.15, -0.1) is 0 Å². The van der Waals surface area contributed by atoms with Crippen LogP contribution < -0.4 is 10.2 Å². The highest BCUT2D eigenvalue weighted by Gasteiger charge is 2.06. The highest BCUT2D eigenvalue weighted by Crippen LogP contribution is 2.21. The zero-order valence-electron chi connectivity index (χ0n) is 11.5. The van der Waals surface area contributed by atoms with Gasteiger partial charge in [0.25, 0.3) is 5.91 Å². The summed E-state index contributed by atoms with van der Waals surface area (Å²) in [6, 6.07) is 9.56. The lowest BCUT2D eigenvalue weighted by Gasteiger charge is -2.10. The normalized spacial score (nSPS) is 10.7. The van der Waals surface area contributed by atoms with Gasteiger partial charge < -0.3 is 9.72 Å². The molecule has 5 heteroatoms. The molecule has 0 spiro atoms. The Morgan fingerprint density at radius 3 is 2.70 bits per heavy atom. The van der Waals surface area contributed by atoms with Crippen molar-refractivity contribution in [3.8, 4) is 5.75 Å². The van der Waals surface area contributed by atoms with Gasteiger partial charge in [0, 0.05) is 6.20 Å². The third-order valence-corrected chi connectivity index (χ3v) is 2.77. The largest absolute Gasteiger partial charge is 0.483 e. The van der Waals surface area contributed by atoms with E-state index in [1.54, 1.807) is 6.20 Å². The van der Waals surface area contributed by atoms with Crippen molar-refractivity contribution in [2.24, 2.45) is 5.10 Å².